The molecule has 4 heteroatoms. The summed E-state index contributed by atoms with van der Waals surface area (Å²) in [6.07, 6.45) is 1.39. The zero-order valence-electron chi connectivity index (χ0n) is 10.0. The second-order valence-corrected chi connectivity index (χ2v) is 5.32. The van der Waals surface area contributed by atoms with E-state index >= 15 is 0 Å². The first-order valence-corrected chi connectivity index (χ1v) is 6.68. The molecule has 3 aliphatic heterocycles. The van der Waals surface area contributed by atoms with Crippen LogP contribution in [0.2, 0.25) is 0 Å². The molecule has 92 valence electrons. The molecule has 0 bridgehead atoms. The molecule has 1 N–H and O–H groups in total. The Labute approximate surface area is 97.9 Å². The lowest BCUT2D eigenvalue weighted by Crippen LogP contribution is -2.41. The maximum Gasteiger partial charge on any atom is 0.0594 e. The lowest BCUT2D eigenvalue weighted by atomic mass is 10.1. The van der Waals surface area contributed by atoms with Crippen molar-refractivity contribution in [3.05, 3.63) is 0 Å². The van der Waals surface area contributed by atoms with Crippen molar-refractivity contribution in [2.24, 2.45) is 5.92 Å². The maximum atomic E-state index is 5.37. The van der Waals surface area contributed by atoms with Gasteiger partial charge in [0.2, 0.25) is 0 Å². The van der Waals surface area contributed by atoms with E-state index in [4.69, 9.17) is 4.74 Å². The first-order valence-electron chi connectivity index (χ1n) is 6.68. The number of fused-ring (bicyclic) bond motifs is 1. The number of morpholine rings is 1. The van der Waals surface area contributed by atoms with Crippen LogP contribution in [0.4, 0.5) is 0 Å². The highest BCUT2D eigenvalue weighted by Crippen LogP contribution is 2.24. The van der Waals surface area contributed by atoms with E-state index in [0.717, 1.165) is 38.3 Å². The van der Waals surface area contributed by atoms with E-state index in [1.807, 2.05) is 0 Å². The fraction of sp³-hybridized carbons (Fsp3) is 1.00. The van der Waals surface area contributed by atoms with Crippen LogP contribution in [0.15, 0.2) is 0 Å². The van der Waals surface area contributed by atoms with Gasteiger partial charge in [0.15, 0.2) is 0 Å². The van der Waals surface area contributed by atoms with Gasteiger partial charge in [-0.15, -0.1) is 0 Å². The van der Waals surface area contributed by atoms with Crippen LogP contribution in [-0.2, 0) is 4.74 Å². The first kappa shape index (κ1) is 11.0. The molecule has 0 aromatic carbocycles. The minimum absolute atomic E-state index is 0.796. The van der Waals surface area contributed by atoms with Crippen LogP contribution in [0, 0.1) is 5.92 Å². The van der Waals surface area contributed by atoms with Crippen LogP contribution in [0.5, 0.6) is 0 Å². The highest BCUT2D eigenvalue weighted by Gasteiger charge is 2.35. The molecule has 0 amide bonds. The Morgan fingerprint density at radius 3 is 2.69 bits per heavy atom. The Bertz CT molecular complexity index is 218. The second-order valence-electron chi connectivity index (χ2n) is 5.32. The highest BCUT2D eigenvalue weighted by atomic mass is 16.5. The Balaban J connectivity index is 1.39. The summed E-state index contributed by atoms with van der Waals surface area (Å²) in [6, 6.07) is 0.796. The van der Waals surface area contributed by atoms with Gasteiger partial charge in [-0.1, -0.05) is 0 Å². The van der Waals surface area contributed by atoms with E-state index in [1.54, 1.807) is 0 Å². The van der Waals surface area contributed by atoms with E-state index in [-0.39, 0.29) is 0 Å². The Morgan fingerprint density at radius 2 is 1.88 bits per heavy atom. The predicted octanol–water partition coefficient (Wildman–Crippen LogP) is -0.388. The summed E-state index contributed by atoms with van der Waals surface area (Å²) in [4.78, 5) is 5.17. The average Bonchev–Trinajstić information content (AvgIpc) is 2.88. The number of likely N-dealkylation sites (tertiary alicyclic amines) is 1. The van der Waals surface area contributed by atoms with Gasteiger partial charge in [-0.05, 0) is 18.9 Å². The lowest BCUT2D eigenvalue weighted by molar-refractivity contribution is 0.0341. The molecule has 3 fully saturated rings. The Hall–Kier alpha value is -0.160. The van der Waals surface area contributed by atoms with Crippen LogP contribution in [0.25, 0.3) is 0 Å². The van der Waals surface area contributed by atoms with Crippen molar-refractivity contribution in [3.63, 3.8) is 0 Å². The summed E-state index contributed by atoms with van der Waals surface area (Å²) in [5.41, 5.74) is 0. The van der Waals surface area contributed by atoms with Gasteiger partial charge < -0.3 is 15.0 Å². The standard InChI is InChI=1S/C12H23N3O/c1-2-13-12-10-15(9-11(1)12)4-3-14-5-7-16-8-6-14/h11-13H,1-10H2/t11-,12+/m0/s1. The fourth-order valence-electron chi connectivity index (χ4n) is 3.23. The second kappa shape index (κ2) is 5.00. The van der Waals surface area contributed by atoms with Gasteiger partial charge in [0.05, 0.1) is 13.2 Å². The van der Waals surface area contributed by atoms with Crippen molar-refractivity contribution >= 4 is 0 Å². The summed E-state index contributed by atoms with van der Waals surface area (Å²) in [5.74, 6) is 0.935. The average molecular weight is 225 g/mol. The number of ether oxygens (including phenoxy) is 1. The van der Waals surface area contributed by atoms with Crippen molar-refractivity contribution in [1.82, 2.24) is 15.1 Å². The predicted molar refractivity (Wildman–Crippen MR) is 63.6 cm³/mol. The van der Waals surface area contributed by atoms with Crippen LogP contribution in [-0.4, -0.2) is 74.9 Å². The van der Waals surface area contributed by atoms with E-state index in [1.165, 1.54) is 39.1 Å². The Morgan fingerprint density at radius 1 is 1.06 bits per heavy atom. The number of nitrogens with one attached hydrogen (secondary N) is 1. The van der Waals surface area contributed by atoms with Gasteiger partial charge in [0.25, 0.3) is 0 Å². The van der Waals surface area contributed by atoms with Gasteiger partial charge >= 0.3 is 0 Å². The smallest absolute Gasteiger partial charge is 0.0594 e. The van der Waals surface area contributed by atoms with E-state index in [0.29, 0.717) is 0 Å². The Kier molecular flexibility index (Phi) is 3.43. The van der Waals surface area contributed by atoms with Crippen LogP contribution < -0.4 is 5.32 Å². The van der Waals surface area contributed by atoms with E-state index < -0.39 is 0 Å². The van der Waals surface area contributed by atoms with Crippen molar-refractivity contribution in [2.45, 2.75) is 12.5 Å². The van der Waals surface area contributed by atoms with Crippen molar-refractivity contribution < 1.29 is 4.74 Å². The van der Waals surface area contributed by atoms with Gasteiger partial charge in [0.1, 0.15) is 0 Å². The first-order chi connectivity index (χ1) is 7.92. The number of nitrogens with zero attached hydrogens (tertiary/aromatic N) is 2. The number of hydrogen-bond donors (Lipinski definition) is 1. The summed E-state index contributed by atoms with van der Waals surface area (Å²) in [5, 5.41) is 3.61. The number of hydrogen-bond acceptors (Lipinski definition) is 4. The third kappa shape index (κ3) is 2.40. The monoisotopic (exact) mass is 225 g/mol. The summed E-state index contributed by atoms with van der Waals surface area (Å²) in [6.45, 7) is 10.4. The van der Waals surface area contributed by atoms with E-state index in [9.17, 15) is 0 Å². The summed E-state index contributed by atoms with van der Waals surface area (Å²) >= 11 is 0. The third-order valence-corrected chi connectivity index (χ3v) is 4.27. The molecule has 16 heavy (non-hydrogen) atoms. The zero-order valence-corrected chi connectivity index (χ0v) is 10.0. The molecular formula is C12H23N3O. The molecule has 0 radical (unpaired) electrons. The maximum absolute atomic E-state index is 5.37. The molecule has 4 nitrogen and oxygen atoms in total. The molecule has 3 saturated heterocycles. The summed E-state index contributed by atoms with van der Waals surface area (Å²) < 4.78 is 5.37. The lowest BCUT2D eigenvalue weighted by Gasteiger charge is -2.28. The molecule has 0 aromatic rings. The molecule has 3 rings (SSSR count). The fourth-order valence-corrected chi connectivity index (χ4v) is 3.23. The molecule has 0 aromatic heterocycles. The third-order valence-electron chi connectivity index (χ3n) is 4.27. The van der Waals surface area contributed by atoms with Gasteiger partial charge in [-0.3, -0.25) is 4.90 Å². The van der Waals surface area contributed by atoms with Crippen LogP contribution in [0.1, 0.15) is 6.42 Å². The highest BCUT2D eigenvalue weighted by molar-refractivity contribution is 4.93. The quantitative estimate of drug-likeness (QED) is 0.708. The normalized spacial score (nSPS) is 36.8. The van der Waals surface area contributed by atoms with Crippen LogP contribution >= 0.6 is 0 Å². The minimum atomic E-state index is 0.796. The molecule has 0 saturated carbocycles. The number of rotatable bonds is 3. The molecular weight excluding hydrogens is 202 g/mol. The van der Waals surface area contributed by atoms with Gasteiger partial charge in [0, 0.05) is 45.3 Å². The summed E-state index contributed by atoms with van der Waals surface area (Å²) in [7, 11) is 0. The largest absolute Gasteiger partial charge is 0.379 e. The molecule has 2 atom stereocenters. The van der Waals surface area contributed by atoms with Gasteiger partial charge in [-0.2, -0.15) is 0 Å². The SMILES string of the molecule is C1C[C@H]2CN(CCN3CCOCC3)C[C@H]2N1. The van der Waals surface area contributed by atoms with E-state index in [2.05, 4.69) is 15.1 Å². The molecule has 0 aliphatic carbocycles. The molecule has 0 unspecified atom stereocenters. The molecule has 0 spiro atoms. The minimum Gasteiger partial charge on any atom is -0.379 e. The topological polar surface area (TPSA) is 27.7 Å². The zero-order chi connectivity index (χ0) is 10.8. The van der Waals surface area contributed by atoms with Crippen molar-refractivity contribution in [2.75, 3.05) is 59.0 Å². The van der Waals surface area contributed by atoms with Crippen LogP contribution in [0.3, 0.4) is 0 Å². The van der Waals surface area contributed by atoms with Gasteiger partial charge in [-0.25, -0.2) is 0 Å². The van der Waals surface area contributed by atoms with Crippen molar-refractivity contribution in [3.8, 4) is 0 Å². The molecule has 3 heterocycles. The molecule has 3 aliphatic rings. The van der Waals surface area contributed by atoms with Crippen molar-refractivity contribution in [1.29, 1.82) is 0 Å².